The van der Waals surface area contributed by atoms with Gasteiger partial charge in [-0.3, -0.25) is 14.6 Å². The van der Waals surface area contributed by atoms with Crippen LogP contribution < -0.4 is 0 Å². The second kappa shape index (κ2) is 10.6. The highest BCUT2D eigenvalue weighted by molar-refractivity contribution is 9.10. The zero-order chi connectivity index (χ0) is 22.3. The molecule has 1 aliphatic rings. The summed E-state index contributed by atoms with van der Waals surface area (Å²) >= 11 is 3.46. The zero-order valence-electron chi connectivity index (χ0n) is 17.9. The molecule has 0 saturated carbocycles. The molecule has 0 spiro atoms. The van der Waals surface area contributed by atoms with E-state index in [4.69, 9.17) is 0 Å². The first kappa shape index (κ1) is 22.2. The number of likely N-dealkylation sites (tertiary alicyclic amines) is 1. The van der Waals surface area contributed by atoms with Gasteiger partial charge in [-0.25, -0.2) is 0 Å². The van der Waals surface area contributed by atoms with Crippen LogP contribution >= 0.6 is 15.9 Å². The van der Waals surface area contributed by atoms with E-state index in [1.54, 1.807) is 6.20 Å². The minimum absolute atomic E-state index is 0.00846. The van der Waals surface area contributed by atoms with Crippen LogP contribution in [0.15, 0.2) is 83.5 Å². The number of rotatable bonds is 8. The fourth-order valence-corrected chi connectivity index (χ4v) is 4.29. The van der Waals surface area contributed by atoms with Crippen LogP contribution in [0.5, 0.6) is 0 Å². The third-order valence-electron chi connectivity index (χ3n) is 5.75. The van der Waals surface area contributed by atoms with Crippen LogP contribution in [-0.2, 0) is 29.1 Å². The fraction of sp³-hybridized carbons (Fsp3) is 0.269. The van der Waals surface area contributed by atoms with Gasteiger partial charge in [-0.05, 0) is 41.8 Å². The number of benzene rings is 2. The molecule has 6 heteroatoms. The molecule has 5 nitrogen and oxygen atoms in total. The largest absolute Gasteiger partial charge is 0.342 e. The van der Waals surface area contributed by atoms with Gasteiger partial charge in [0.2, 0.25) is 11.8 Å². The summed E-state index contributed by atoms with van der Waals surface area (Å²) in [7, 11) is 0. The first-order valence-corrected chi connectivity index (χ1v) is 11.6. The van der Waals surface area contributed by atoms with Gasteiger partial charge >= 0.3 is 0 Å². The van der Waals surface area contributed by atoms with Crippen molar-refractivity contribution in [1.82, 2.24) is 14.8 Å². The number of carbonyl (C=O) groups is 2. The minimum atomic E-state index is -0.322. The maximum Gasteiger partial charge on any atom is 0.228 e. The number of halogens is 1. The Morgan fingerprint density at radius 2 is 1.72 bits per heavy atom. The van der Waals surface area contributed by atoms with E-state index >= 15 is 0 Å². The van der Waals surface area contributed by atoms with Crippen molar-refractivity contribution >= 4 is 27.7 Å². The van der Waals surface area contributed by atoms with Gasteiger partial charge in [0, 0.05) is 36.7 Å². The van der Waals surface area contributed by atoms with Crippen molar-refractivity contribution in [3.05, 3.63) is 100 Å². The molecular formula is C26H26BrN3O2. The van der Waals surface area contributed by atoms with Crippen molar-refractivity contribution in [3.63, 3.8) is 0 Å². The molecule has 2 heterocycles. The summed E-state index contributed by atoms with van der Waals surface area (Å²) in [5, 5.41) is 0. The summed E-state index contributed by atoms with van der Waals surface area (Å²) < 4.78 is 0.999. The lowest BCUT2D eigenvalue weighted by Gasteiger charge is -2.26. The summed E-state index contributed by atoms with van der Waals surface area (Å²) in [4.78, 5) is 34.2. The molecule has 0 N–H and O–H groups in total. The van der Waals surface area contributed by atoms with Gasteiger partial charge in [0.15, 0.2) is 0 Å². The van der Waals surface area contributed by atoms with Gasteiger partial charge in [0.05, 0.1) is 18.2 Å². The highest BCUT2D eigenvalue weighted by Gasteiger charge is 2.36. The lowest BCUT2D eigenvalue weighted by Crippen LogP contribution is -2.37. The molecule has 164 valence electrons. The molecule has 0 aliphatic carbocycles. The molecule has 32 heavy (non-hydrogen) atoms. The minimum Gasteiger partial charge on any atom is -0.342 e. The molecule has 1 aliphatic heterocycles. The van der Waals surface area contributed by atoms with Crippen molar-refractivity contribution in [3.8, 4) is 0 Å². The third kappa shape index (κ3) is 5.82. The maximum atomic E-state index is 13.5. The molecule has 4 rings (SSSR count). The van der Waals surface area contributed by atoms with Gasteiger partial charge < -0.3 is 9.80 Å². The number of aromatic nitrogens is 1. The molecule has 3 aromatic rings. The number of nitrogens with zero attached hydrogens (tertiary/aromatic N) is 3. The van der Waals surface area contributed by atoms with E-state index < -0.39 is 0 Å². The Kier molecular flexibility index (Phi) is 7.32. The van der Waals surface area contributed by atoms with Crippen LogP contribution in [0.3, 0.4) is 0 Å². The van der Waals surface area contributed by atoms with Crippen molar-refractivity contribution in [2.45, 2.75) is 25.9 Å². The molecule has 0 radical (unpaired) electrons. The molecule has 1 fully saturated rings. The Bertz CT molecular complexity index is 1040. The normalized spacial score (nSPS) is 15.7. The zero-order valence-corrected chi connectivity index (χ0v) is 19.4. The van der Waals surface area contributed by atoms with Crippen molar-refractivity contribution in [2.24, 2.45) is 5.92 Å². The smallest absolute Gasteiger partial charge is 0.228 e. The lowest BCUT2D eigenvalue weighted by molar-refractivity contribution is -0.137. The van der Waals surface area contributed by atoms with Crippen molar-refractivity contribution in [1.29, 1.82) is 0 Å². The average Bonchev–Trinajstić information content (AvgIpc) is 3.20. The summed E-state index contributed by atoms with van der Waals surface area (Å²) in [6, 6.07) is 23.8. The Morgan fingerprint density at radius 1 is 0.969 bits per heavy atom. The second-order valence-electron chi connectivity index (χ2n) is 8.12. The van der Waals surface area contributed by atoms with Crippen molar-refractivity contribution < 1.29 is 9.59 Å². The Balaban J connectivity index is 1.44. The first-order valence-electron chi connectivity index (χ1n) is 10.8. The van der Waals surface area contributed by atoms with Crippen molar-refractivity contribution in [2.75, 3.05) is 13.1 Å². The Labute approximate surface area is 197 Å². The van der Waals surface area contributed by atoms with Gasteiger partial charge in [0.25, 0.3) is 0 Å². The molecule has 0 bridgehead atoms. The summed E-state index contributed by atoms with van der Waals surface area (Å²) in [6.45, 7) is 2.02. The summed E-state index contributed by atoms with van der Waals surface area (Å²) in [5.41, 5.74) is 3.08. The number of pyridine rings is 1. The number of hydrogen-bond donors (Lipinski definition) is 0. The number of amides is 2. The molecule has 0 unspecified atom stereocenters. The summed E-state index contributed by atoms with van der Waals surface area (Å²) in [5.74, 6) is -0.257. The van der Waals surface area contributed by atoms with E-state index in [1.165, 1.54) is 5.56 Å². The third-order valence-corrected chi connectivity index (χ3v) is 6.28. The highest BCUT2D eigenvalue weighted by atomic mass is 79.9. The van der Waals surface area contributed by atoms with Crippen LogP contribution in [0.4, 0.5) is 0 Å². The van der Waals surface area contributed by atoms with Gasteiger partial charge in [-0.2, -0.15) is 0 Å². The van der Waals surface area contributed by atoms with Crippen LogP contribution in [0.1, 0.15) is 23.2 Å². The highest BCUT2D eigenvalue weighted by Crippen LogP contribution is 2.23. The summed E-state index contributed by atoms with van der Waals surface area (Å²) in [6.07, 6.45) is 2.80. The first-order chi connectivity index (χ1) is 15.6. The SMILES string of the molecule is O=C1C[C@H](C(=O)N(Cc2ccc(Br)cc2)Cc2ccccn2)CN1CCc1ccccc1. The monoisotopic (exact) mass is 491 g/mol. The molecular weight excluding hydrogens is 466 g/mol. The lowest BCUT2D eigenvalue weighted by atomic mass is 10.1. The van der Waals surface area contributed by atoms with Crippen LogP contribution in [0.2, 0.25) is 0 Å². The molecule has 1 aromatic heterocycles. The quantitative estimate of drug-likeness (QED) is 0.467. The van der Waals surface area contributed by atoms with Crippen LogP contribution in [0, 0.1) is 5.92 Å². The molecule has 2 amide bonds. The predicted molar refractivity (Wildman–Crippen MR) is 127 cm³/mol. The number of hydrogen-bond acceptors (Lipinski definition) is 3. The average molecular weight is 492 g/mol. The fourth-order valence-electron chi connectivity index (χ4n) is 4.03. The van der Waals surface area contributed by atoms with E-state index in [9.17, 15) is 9.59 Å². The second-order valence-corrected chi connectivity index (χ2v) is 9.03. The van der Waals surface area contributed by atoms with Crippen LogP contribution in [-0.4, -0.2) is 39.7 Å². The topological polar surface area (TPSA) is 53.5 Å². The van der Waals surface area contributed by atoms with E-state index in [0.29, 0.717) is 26.2 Å². The standard InChI is InChI=1S/C26H26BrN3O2/c27-23-11-9-21(10-12-23)17-30(19-24-8-4-5-14-28-24)26(32)22-16-25(31)29(18-22)15-13-20-6-2-1-3-7-20/h1-12,14,22H,13,15-19H2/t22-/m0/s1. The van der Waals surface area contributed by atoms with E-state index in [2.05, 4.69) is 33.0 Å². The van der Waals surface area contributed by atoms with Gasteiger partial charge in [-0.15, -0.1) is 0 Å². The molecule has 1 saturated heterocycles. The number of carbonyl (C=O) groups excluding carboxylic acids is 2. The Hall–Kier alpha value is -2.99. The van der Waals surface area contributed by atoms with Crippen LogP contribution in [0.25, 0.3) is 0 Å². The van der Waals surface area contributed by atoms with E-state index in [-0.39, 0.29) is 24.2 Å². The molecule has 2 aromatic carbocycles. The molecule has 1 atom stereocenters. The van der Waals surface area contributed by atoms with E-state index in [1.807, 2.05) is 70.5 Å². The van der Waals surface area contributed by atoms with Gasteiger partial charge in [0.1, 0.15) is 0 Å². The van der Waals surface area contributed by atoms with E-state index in [0.717, 1.165) is 22.2 Å². The van der Waals surface area contributed by atoms with Gasteiger partial charge in [-0.1, -0.05) is 64.5 Å². The predicted octanol–water partition coefficient (Wildman–Crippen LogP) is 4.46. The Morgan fingerprint density at radius 3 is 2.44 bits per heavy atom. The maximum absolute atomic E-state index is 13.5.